The first-order valence-electron chi connectivity index (χ1n) is 9.82. The van der Waals surface area contributed by atoms with Gasteiger partial charge in [-0.3, -0.25) is 14.0 Å². The van der Waals surface area contributed by atoms with Crippen LogP contribution in [0.1, 0.15) is 30.7 Å². The van der Waals surface area contributed by atoms with Crippen LogP contribution >= 0.6 is 0 Å². The van der Waals surface area contributed by atoms with Gasteiger partial charge in [0.2, 0.25) is 5.91 Å². The summed E-state index contributed by atoms with van der Waals surface area (Å²) >= 11 is 0. The summed E-state index contributed by atoms with van der Waals surface area (Å²) in [5.74, 6) is -0.970. The van der Waals surface area contributed by atoms with Crippen molar-refractivity contribution in [3.8, 4) is 0 Å². The molecule has 1 amide bonds. The molecule has 0 aliphatic carbocycles. The highest BCUT2D eigenvalue weighted by atomic mass is 16.5. The minimum Gasteiger partial charge on any atom is -0.458 e. The van der Waals surface area contributed by atoms with Gasteiger partial charge in [0.05, 0.1) is 12.1 Å². The summed E-state index contributed by atoms with van der Waals surface area (Å²) in [5, 5.41) is 2.75. The largest absolute Gasteiger partial charge is 0.458 e. The number of esters is 1. The van der Waals surface area contributed by atoms with Crippen molar-refractivity contribution >= 4 is 17.5 Å². The number of hydrogen-bond donors (Lipinski definition) is 1. The second-order valence-corrected chi connectivity index (χ2v) is 7.58. The van der Waals surface area contributed by atoms with Gasteiger partial charge in [0.1, 0.15) is 18.3 Å². The van der Waals surface area contributed by atoms with Crippen LogP contribution in [0.15, 0.2) is 59.5 Å². The molecule has 0 radical (unpaired) electrons. The Morgan fingerprint density at radius 2 is 1.87 bits per heavy atom. The Balaban J connectivity index is 1.65. The second kappa shape index (κ2) is 9.35. The molecule has 1 aromatic carbocycles. The fraction of sp³-hybridized carbons (Fsp3) is 0.304. The zero-order valence-electron chi connectivity index (χ0n) is 17.3. The zero-order valence-corrected chi connectivity index (χ0v) is 17.3. The lowest BCUT2D eigenvalue weighted by Crippen LogP contribution is -2.45. The third-order valence-electron chi connectivity index (χ3n) is 4.67. The minimum atomic E-state index is -0.787. The minimum absolute atomic E-state index is 0.143. The third kappa shape index (κ3) is 5.31. The van der Waals surface area contributed by atoms with Crippen molar-refractivity contribution in [2.45, 2.75) is 39.8 Å². The van der Waals surface area contributed by atoms with Crippen LogP contribution < -0.4 is 10.9 Å². The van der Waals surface area contributed by atoms with Crippen molar-refractivity contribution in [2.75, 3.05) is 0 Å². The van der Waals surface area contributed by atoms with Gasteiger partial charge in [0.15, 0.2) is 0 Å². The number of aryl methyl sites for hydroxylation is 1. The highest BCUT2D eigenvalue weighted by Gasteiger charge is 2.26. The molecule has 7 heteroatoms. The molecular formula is C23H25N3O4. The van der Waals surface area contributed by atoms with E-state index in [4.69, 9.17) is 4.74 Å². The molecule has 2 heterocycles. The SMILES string of the molecule is Cc1ccc2nc(COC(=O)C(NC(=O)Cc3ccccc3)C(C)C)cc(=O)n2c1. The van der Waals surface area contributed by atoms with Crippen LogP contribution in [0.2, 0.25) is 0 Å². The van der Waals surface area contributed by atoms with E-state index in [0.29, 0.717) is 11.3 Å². The van der Waals surface area contributed by atoms with Crippen molar-refractivity contribution in [1.82, 2.24) is 14.7 Å². The van der Waals surface area contributed by atoms with Gasteiger partial charge in [-0.25, -0.2) is 9.78 Å². The summed E-state index contributed by atoms with van der Waals surface area (Å²) in [6.07, 6.45) is 1.89. The molecule has 3 rings (SSSR count). The van der Waals surface area contributed by atoms with E-state index in [1.165, 1.54) is 10.5 Å². The predicted octanol–water partition coefficient (Wildman–Crippen LogP) is 2.43. The molecule has 1 atom stereocenters. The third-order valence-corrected chi connectivity index (χ3v) is 4.67. The van der Waals surface area contributed by atoms with E-state index in [9.17, 15) is 14.4 Å². The Labute approximate surface area is 174 Å². The standard InChI is InChI=1S/C23H25N3O4/c1-15(2)22(25-20(27)11-17-7-5-4-6-8-17)23(29)30-14-18-12-21(28)26-13-16(3)9-10-19(26)24-18/h4-10,12-13,15,22H,11,14H2,1-3H3,(H,25,27). The molecule has 0 bridgehead atoms. The first-order valence-corrected chi connectivity index (χ1v) is 9.82. The molecule has 0 saturated carbocycles. The van der Waals surface area contributed by atoms with E-state index in [-0.39, 0.29) is 30.4 Å². The van der Waals surface area contributed by atoms with Crippen LogP contribution in [0.5, 0.6) is 0 Å². The molecule has 0 aliphatic rings. The fourth-order valence-corrected chi connectivity index (χ4v) is 3.07. The molecule has 30 heavy (non-hydrogen) atoms. The van der Waals surface area contributed by atoms with Gasteiger partial charge in [0, 0.05) is 12.3 Å². The average Bonchev–Trinajstić information content (AvgIpc) is 2.71. The number of ether oxygens (including phenoxy) is 1. The summed E-state index contributed by atoms with van der Waals surface area (Å²) < 4.78 is 6.81. The van der Waals surface area contributed by atoms with Gasteiger partial charge in [-0.2, -0.15) is 0 Å². The van der Waals surface area contributed by atoms with Crippen molar-refractivity contribution in [2.24, 2.45) is 5.92 Å². The Morgan fingerprint density at radius 3 is 2.57 bits per heavy atom. The van der Waals surface area contributed by atoms with E-state index in [0.717, 1.165) is 11.1 Å². The van der Waals surface area contributed by atoms with Crippen molar-refractivity contribution in [3.05, 3.63) is 81.9 Å². The number of rotatable bonds is 7. The lowest BCUT2D eigenvalue weighted by atomic mass is 10.0. The monoisotopic (exact) mass is 407 g/mol. The normalized spacial score (nSPS) is 12.0. The average molecular weight is 407 g/mol. The van der Waals surface area contributed by atoms with Crippen LogP contribution in [0.25, 0.3) is 5.65 Å². The number of carbonyl (C=O) groups is 2. The number of benzene rings is 1. The van der Waals surface area contributed by atoms with Crippen molar-refractivity contribution < 1.29 is 14.3 Å². The van der Waals surface area contributed by atoms with Gasteiger partial charge in [-0.1, -0.05) is 50.2 Å². The van der Waals surface area contributed by atoms with E-state index in [1.807, 2.05) is 57.2 Å². The number of fused-ring (bicyclic) bond motifs is 1. The Bertz CT molecular complexity index is 1110. The quantitative estimate of drug-likeness (QED) is 0.608. The topological polar surface area (TPSA) is 89.8 Å². The molecule has 0 spiro atoms. The van der Waals surface area contributed by atoms with E-state index >= 15 is 0 Å². The fourth-order valence-electron chi connectivity index (χ4n) is 3.07. The van der Waals surface area contributed by atoms with Crippen LogP contribution in [0, 0.1) is 12.8 Å². The molecule has 2 aromatic heterocycles. The smallest absolute Gasteiger partial charge is 0.329 e. The lowest BCUT2D eigenvalue weighted by molar-refractivity contribution is -0.150. The summed E-state index contributed by atoms with van der Waals surface area (Å²) in [5.41, 5.74) is 2.40. The van der Waals surface area contributed by atoms with E-state index in [1.54, 1.807) is 12.3 Å². The van der Waals surface area contributed by atoms with Gasteiger partial charge >= 0.3 is 5.97 Å². The maximum atomic E-state index is 12.6. The summed E-state index contributed by atoms with van der Waals surface area (Å²) in [6, 6.07) is 13.5. The van der Waals surface area contributed by atoms with Crippen molar-refractivity contribution in [1.29, 1.82) is 0 Å². The molecule has 0 aliphatic heterocycles. The first-order chi connectivity index (χ1) is 14.3. The van der Waals surface area contributed by atoms with Crippen LogP contribution in [0.3, 0.4) is 0 Å². The van der Waals surface area contributed by atoms with Gasteiger partial charge in [0.25, 0.3) is 5.56 Å². The van der Waals surface area contributed by atoms with Gasteiger partial charge < -0.3 is 10.1 Å². The Morgan fingerprint density at radius 1 is 1.13 bits per heavy atom. The number of aromatic nitrogens is 2. The summed E-state index contributed by atoms with van der Waals surface area (Å²) in [7, 11) is 0. The number of carbonyl (C=O) groups excluding carboxylic acids is 2. The first kappa shape index (κ1) is 21.2. The molecule has 156 valence electrons. The predicted molar refractivity (Wildman–Crippen MR) is 113 cm³/mol. The number of hydrogen-bond acceptors (Lipinski definition) is 5. The summed E-state index contributed by atoms with van der Waals surface area (Å²) in [6.45, 7) is 5.41. The molecule has 7 nitrogen and oxygen atoms in total. The van der Waals surface area contributed by atoms with Crippen LogP contribution in [0.4, 0.5) is 0 Å². The Hall–Kier alpha value is -3.48. The van der Waals surface area contributed by atoms with Gasteiger partial charge in [-0.15, -0.1) is 0 Å². The van der Waals surface area contributed by atoms with Crippen LogP contribution in [-0.2, 0) is 27.4 Å². The maximum Gasteiger partial charge on any atom is 0.329 e. The van der Waals surface area contributed by atoms with Gasteiger partial charge in [-0.05, 0) is 30.0 Å². The molecule has 0 saturated heterocycles. The lowest BCUT2D eigenvalue weighted by Gasteiger charge is -2.21. The number of amides is 1. The molecule has 1 unspecified atom stereocenters. The Kier molecular flexibility index (Phi) is 6.61. The molecule has 1 N–H and O–H groups in total. The van der Waals surface area contributed by atoms with E-state index in [2.05, 4.69) is 10.3 Å². The second-order valence-electron chi connectivity index (χ2n) is 7.58. The number of pyridine rings is 1. The number of nitrogens with one attached hydrogen (secondary N) is 1. The van der Waals surface area contributed by atoms with Crippen molar-refractivity contribution in [3.63, 3.8) is 0 Å². The van der Waals surface area contributed by atoms with E-state index < -0.39 is 12.0 Å². The maximum absolute atomic E-state index is 12.6. The number of nitrogens with zero attached hydrogens (tertiary/aromatic N) is 2. The highest BCUT2D eigenvalue weighted by molar-refractivity contribution is 5.85. The zero-order chi connectivity index (χ0) is 21.7. The molecule has 3 aromatic rings. The molecular weight excluding hydrogens is 382 g/mol. The summed E-state index contributed by atoms with van der Waals surface area (Å²) in [4.78, 5) is 41.6. The highest BCUT2D eigenvalue weighted by Crippen LogP contribution is 2.08. The van der Waals surface area contributed by atoms with Crippen LogP contribution in [-0.4, -0.2) is 27.3 Å². The molecule has 0 fully saturated rings.